The van der Waals surface area contributed by atoms with Crippen molar-refractivity contribution in [2.45, 2.75) is 18.2 Å². The van der Waals surface area contributed by atoms with Crippen molar-refractivity contribution >= 4 is 52.3 Å². The minimum absolute atomic E-state index is 0.0884. The fourth-order valence-electron chi connectivity index (χ4n) is 3.26. The molecule has 3 aromatic rings. The predicted octanol–water partition coefficient (Wildman–Crippen LogP) is 6.27. The summed E-state index contributed by atoms with van der Waals surface area (Å²) in [6, 6.07) is 5.91. The predicted molar refractivity (Wildman–Crippen MR) is 116 cm³/mol. The van der Waals surface area contributed by atoms with Gasteiger partial charge in [0.25, 0.3) is 5.60 Å². The summed E-state index contributed by atoms with van der Waals surface area (Å²) in [6.45, 7) is 0. The molecule has 34 heavy (non-hydrogen) atoms. The summed E-state index contributed by atoms with van der Waals surface area (Å²) in [5, 5.41) is 18.2. The van der Waals surface area contributed by atoms with Crippen LogP contribution in [0, 0.1) is 5.82 Å². The van der Waals surface area contributed by atoms with Gasteiger partial charge in [-0.3, -0.25) is 0 Å². The highest BCUT2D eigenvalue weighted by Gasteiger charge is 2.62. The van der Waals surface area contributed by atoms with E-state index in [-0.39, 0.29) is 27.8 Å². The van der Waals surface area contributed by atoms with Gasteiger partial charge in [0.1, 0.15) is 0 Å². The van der Waals surface area contributed by atoms with Gasteiger partial charge in [-0.25, -0.2) is 13.9 Å². The third kappa shape index (κ3) is 4.26. The molecular weight excluding hydrogens is 527 g/mol. The normalized spacial score (nSPS) is 17.9. The molecule has 4 rings (SSSR count). The van der Waals surface area contributed by atoms with Gasteiger partial charge in [-0.05, 0) is 30.3 Å². The van der Waals surface area contributed by atoms with Crippen LogP contribution in [0.2, 0.25) is 15.1 Å². The average molecular weight is 538 g/mol. The third-order valence-electron chi connectivity index (χ3n) is 4.95. The fourth-order valence-corrected chi connectivity index (χ4v) is 3.95. The quantitative estimate of drug-likeness (QED) is 0.302. The molecule has 178 valence electrons. The number of aromatic nitrogens is 2. The first-order chi connectivity index (χ1) is 15.9. The Hall–Kier alpha value is -3.02. The summed E-state index contributed by atoms with van der Waals surface area (Å²) in [5.41, 5.74) is -3.04. The minimum Gasteiger partial charge on any atom is -0.478 e. The first-order valence-corrected chi connectivity index (χ1v) is 10.4. The Morgan fingerprint density at radius 2 is 1.82 bits per heavy atom. The lowest BCUT2D eigenvalue weighted by molar-refractivity contribution is -0.275. The van der Waals surface area contributed by atoms with Crippen LogP contribution in [0.15, 0.2) is 47.9 Å². The van der Waals surface area contributed by atoms with E-state index in [1.54, 1.807) is 0 Å². The number of nitrogens with zero attached hydrogens (tertiary/aromatic N) is 3. The molecule has 7 nitrogen and oxygen atoms in total. The summed E-state index contributed by atoms with van der Waals surface area (Å²) < 4.78 is 57.3. The molecule has 1 aliphatic rings. The Morgan fingerprint density at radius 3 is 2.41 bits per heavy atom. The number of hydrogen-bond acceptors (Lipinski definition) is 5. The largest absolute Gasteiger partial charge is 0.478 e. The van der Waals surface area contributed by atoms with Crippen LogP contribution >= 0.6 is 34.8 Å². The molecule has 0 radical (unpaired) electrons. The van der Waals surface area contributed by atoms with E-state index in [1.165, 1.54) is 29.1 Å². The van der Waals surface area contributed by atoms with Crippen molar-refractivity contribution in [1.29, 1.82) is 0 Å². The summed E-state index contributed by atoms with van der Waals surface area (Å²) >= 11 is 17.6. The van der Waals surface area contributed by atoms with Crippen LogP contribution in [0.4, 0.5) is 23.2 Å². The number of halogens is 7. The van der Waals surface area contributed by atoms with E-state index in [9.17, 15) is 22.4 Å². The maximum absolute atomic E-state index is 14.1. The number of carboxylic acid groups (broad SMARTS) is 1. The molecule has 1 atom stereocenters. The minimum atomic E-state index is -4.96. The first-order valence-electron chi connectivity index (χ1n) is 9.23. The van der Waals surface area contributed by atoms with E-state index in [2.05, 4.69) is 15.6 Å². The number of alkyl halides is 3. The second-order valence-electron chi connectivity index (χ2n) is 7.15. The van der Waals surface area contributed by atoms with Crippen LogP contribution in [0.3, 0.4) is 0 Å². The topological polar surface area (TPSA) is 88.7 Å². The number of carbonyl (C=O) groups is 1. The summed E-state index contributed by atoms with van der Waals surface area (Å²) in [4.78, 5) is 15.9. The molecular formula is C20H11Cl3F4N4O3. The first kappa shape index (κ1) is 24.1. The Labute approximate surface area is 203 Å². The number of benzene rings is 2. The maximum atomic E-state index is 14.1. The Kier molecular flexibility index (Phi) is 6.13. The van der Waals surface area contributed by atoms with Gasteiger partial charge in [-0.2, -0.15) is 18.3 Å². The Balaban J connectivity index is 1.63. The number of anilines is 1. The number of oxime groups is 1. The van der Waals surface area contributed by atoms with Crippen LogP contribution < -0.4 is 5.32 Å². The van der Waals surface area contributed by atoms with Crippen molar-refractivity contribution in [3.63, 3.8) is 0 Å². The second-order valence-corrected chi connectivity index (χ2v) is 8.38. The number of rotatable bonds is 4. The van der Waals surface area contributed by atoms with Gasteiger partial charge in [-0.15, -0.1) is 0 Å². The molecule has 0 amide bonds. The highest BCUT2D eigenvalue weighted by molar-refractivity contribution is 6.35. The molecule has 1 aromatic heterocycles. The molecule has 2 heterocycles. The number of aromatic carboxylic acids is 1. The highest BCUT2D eigenvalue weighted by Crippen LogP contribution is 2.49. The lowest BCUT2D eigenvalue weighted by Gasteiger charge is -2.29. The summed E-state index contributed by atoms with van der Waals surface area (Å²) in [7, 11) is 0. The Bertz CT molecular complexity index is 1310. The molecule has 0 fully saturated rings. The molecule has 2 N–H and O–H groups in total. The molecule has 14 heteroatoms. The SMILES string of the molecule is O=C(O)c1cnn(-c2cc(NC3=NOC(c4cc(Cl)c(F)c(Cl)c4)(C(F)(F)F)C3)ccc2Cl)c1. The van der Waals surface area contributed by atoms with Gasteiger partial charge in [-0.1, -0.05) is 40.0 Å². The summed E-state index contributed by atoms with van der Waals surface area (Å²) in [6.07, 6.45) is -3.42. The maximum Gasteiger partial charge on any atom is 0.435 e. The highest BCUT2D eigenvalue weighted by atomic mass is 35.5. The van der Waals surface area contributed by atoms with Crippen molar-refractivity contribution < 1.29 is 32.3 Å². The van der Waals surface area contributed by atoms with E-state index >= 15 is 0 Å². The van der Waals surface area contributed by atoms with Gasteiger partial charge in [0.15, 0.2) is 11.7 Å². The number of carboxylic acids is 1. The van der Waals surface area contributed by atoms with E-state index in [0.717, 1.165) is 18.3 Å². The Morgan fingerprint density at radius 1 is 1.15 bits per heavy atom. The number of nitrogens with one attached hydrogen (secondary N) is 1. The molecule has 0 bridgehead atoms. The molecule has 0 saturated heterocycles. The van der Waals surface area contributed by atoms with Gasteiger partial charge >= 0.3 is 12.1 Å². The van der Waals surface area contributed by atoms with Gasteiger partial charge in [0.05, 0.1) is 38.9 Å². The molecule has 1 aliphatic heterocycles. The van der Waals surface area contributed by atoms with Gasteiger partial charge in [0, 0.05) is 17.4 Å². The lowest BCUT2D eigenvalue weighted by Crippen LogP contribution is -2.43. The average Bonchev–Trinajstić information content (AvgIpc) is 3.41. The van der Waals surface area contributed by atoms with Crippen LogP contribution in [0.1, 0.15) is 22.3 Å². The van der Waals surface area contributed by atoms with Gasteiger partial charge < -0.3 is 15.3 Å². The third-order valence-corrected chi connectivity index (χ3v) is 5.82. The van der Waals surface area contributed by atoms with Crippen molar-refractivity contribution in [2.75, 3.05) is 5.32 Å². The molecule has 2 aromatic carbocycles. The van der Waals surface area contributed by atoms with Crippen LogP contribution in [-0.2, 0) is 10.4 Å². The monoisotopic (exact) mass is 536 g/mol. The van der Waals surface area contributed by atoms with Crippen molar-refractivity contribution in [3.8, 4) is 5.69 Å². The van der Waals surface area contributed by atoms with Crippen molar-refractivity contribution in [3.05, 3.63) is 74.7 Å². The second kappa shape index (κ2) is 8.64. The van der Waals surface area contributed by atoms with Crippen LogP contribution in [0.5, 0.6) is 0 Å². The van der Waals surface area contributed by atoms with E-state index in [0.29, 0.717) is 0 Å². The molecule has 0 aliphatic carbocycles. The zero-order valence-corrected chi connectivity index (χ0v) is 18.8. The van der Waals surface area contributed by atoms with Crippen molar-refractivity contribution in [2.24, 2.45) is 5.16 Å². The van der Waals surface area contributed by atoms with Crippen LogP contribution in [0.25, 0.3) is 5.69 Å². The molecule has 0 spiro atoms. The summed E-state index contributed by atoms with van der Waals surface area (Å²) in [5.74, 6) is -2.45. The van der Waals surface area contributed by atoms with Crippen molar-refractivity contribution in [1.82, 2.24) is 9.78 Å². The van der Waals surface area contributed by atoms with Crippen LogP contribution in [-0.4, -0.2) is 32.9 Å². The van der Waals surface area contributed by atoms with E-state index in [1.807, 2.05) is 0 Å². The smallest absolute Gasteiger partial charge is 0.435 e. The van der Waals surface area contributed by atoms with E-state index < -0.39 is 45.6 Å². The van der Waals surface area contributed by atoms with Gasteiger partial charge in [0.2, 0.25) is 0 Å². The zero-order valence-electron chi connectivity index (χ0n) is 16.5. The lowest BCUT2D eigenvalue weighted by atomic mass is 9.89. The molecule has 0 saturated carbocycles. The van der Waals surface area contributed by atoms with E-state index in [4.69, 9.17) is 44.7 Å². The molecule has 1 unspecified atom stereocenters. The number of amidine groups is 1. The number of hydrogen-bond donors (Lipinski definition) is 2. The fraction of sp³-hybridized carbons (Fsp3) is 0.150. The standard InChI is InChI=1S/C20H11Cl3F4N4O3/c21-12-2-1-11(5-15(12)31-8-9(7-28-31)18(32)33)29-16-6-19(34-30-16,20(25,26)27)10-3-13(22)17(24)14(23)4-10/h1-5,7-8H,6H2,(H,29,30)(H,32,33). The zero-order chi connectivity index (χ0) is 24.8.